The van der Waals surface area contributed by atoms with Crippen LogP contribution in [0.4, 0.5) is 33.3 Å². The molecule has 0 spiro atoms. The van der Waals surface area contributed by atoms with Crippen LogP contribution in [0.25, 0.3) is 0 Å². The van der Waals surface area contributed by atoms with E-state index < -0.39 is 40.4 Å². The second-order valence-electron chi connectivity index (χ2n) is 8.74. The van der Waals surface area contributed by atoms with Gasteiger partial charge in [0.1, 0.15) is 17.5 Å². The van der Waals surface area contributed by atoms with Crippen molar-refractivity contribution in [1.82, 2.24) is 20.3 Å². The van der Waals surface area contributed by atoms with Crippen LogP contribution in [0, 0.1) is 17.0 Å². The molecule has 1 aliphatic carbocycles. The molecule has 2 heterocycles. The standard InChI is InChI=1S/C25H22F5N5O2/c1-2-21-32-10-14(11-33-21)20(36)9-24(6-7-24)23(37)34-13-19-18(27)8-15(12-31-19)35-22-16(25(28,29)30)4-3-5-17(22)26/h3-5,8,10-12,35H,2,6-7,9,13H2,1H3,(H,34,37). The van der Waals surface area contributed by atoms with Crippen LogP contribution < -0.4 is 10.6 Å². The van der Waals surface area contributed by atoms with Crippen LogP contribution in [0.5, 0.6) is 0 Å². The number of carbonyl (C=O) groups excluding carboxylic acids is 2. The monoisotopic (exact) mass is 519 g/mol. The third kappa shape index (κ3) is 5.89. The minimum Gasteiger partial charge on any atom is -0.351 e. The van der Waals surface area contributed by atoms with Crippen molar-refractivity contribution in [3.05, 3.63) is 77.1 Å². The first-order valence-corrected chi connectivity index (χ1v) is 11.4. The van der Waals surface area contributed by atoms with Gasteiger partial charge in [-0.25, -0.2) is 18.7 Å². The van der Waals surface area contributed by atoms with E-state index in [0.29, 0.717) is 36.7 Å². The molecule has 2 N–H and O–H groups in total. The summed E-state index contributed by atoms with van der Waals surface area (Å²) in [5, 5.41) is 4.80. The fourth-order valence-electron chi connectivity index (χ4n) is 3.77. The maximum Gasteiger partial charge on any atom is 0.418 e. The quantitative estimate of drug-likeness (QED) is 0.300. The van der Waals surface area contributed by atoms with Gasteiger partial charge in [-0.3, -0.25) is 14.6 Å². The number of aromatic nitrogens is 3. The molecule has 0 saturated heterocycles. The zero-order valence-electron chi connectivity index (χ0n) is 19.6. The molecule has 37 heavy (non-hydrogen) atoms. The van der Waals surface area contributed by atoms with Crippen molar-refractivity contribution in [2.45, 2.75) is 45.3 Å². The number of ketones is 1. The molecule has 1 fully saturated rings. The Morgan fingerprint density at radius 3 is 2.32 bits per heavy atom. The predicted molar refractivity (Wildman–Crippen MR) is 123 cm³/mol. The molecule has 0 atom stereocenters. The Bertz CT molecular complexity index is 1320. The Labute approximate surface area is 208 Å². The van der Waals surface area contributed by atoms with Gasteiger partial charge in [0.05, 0.1) is 46.4 Å². The predicted octanol–water partition coefficient (Wildman–Crippen LogP) is 5.14. The summed E-state index contributed by atoms with van der Waals surface area (Å²) in [7, 11) is 0. The highest BCUT2D eigenvalue weighted by Crippen LogP contribution is 2.49. The number of anilines is 2. The largest absolute Gasteiger partial charge is 0.418 e. The topological polar surface area (TPSA) is 96.9 Å². The molecule has 0 bridgehead atoms. The van der Waals surface area contributed by atoms with Gasteiger partial charge in [-0.15, -0.1) is 0 Å². The molecule has 7 nitrogen and oxygen atoms in total. The van der Waals surface area contributed by atoms with Gasteiger partial charge in [0.25, 0.3) is 0 Å². The van der Waals surface area contributed by atoms with E-state index >= 15 is 0 Å². The Hall–Kier alpha value is -3.96. The molecule has 0 aliphatic heterocycles. The molecule has 194 valence electrons. The fraction of sp³-hybridized carbons (Fsp3) is 0.320. The molecule has 0 unspecified atom stereocenters. The Kier molecular flexibility index (Phi) is 7.19. The van der Waals surface area contributed by atoms with E-state index in [0.717, 1.165) is 24.4 Å². The Balaban J connectivity index is 1.39. The maximum atomic E-state index is 14.6. The number of amides is 1. The molecule has 12 heteroatoms. The Morgan fingerprint density at radius 1 is 1.03 bits per heavy atom. The van der Waals surface area contributed by atoms with Gasteiger partial charge in [0.2, 0.25) is 5.91 Å². The van der Waals surface area contributed by atoms with Crippen LogP contribution in [0.2, 0.25) is 0 Å². The minimum absolute atomic E-state index is 0.0450. The zero-order chi connectivity index (χ0) is 26.8. The summed E-state index contributed by atoms with van der Waals surface area (Å²) in [4.78, 5) is 37.4. The molecule has 1 amide bonds. The first-order valence-electron chi connectivity index (χ1n) is 11.4. The summed E-state index contributed by atoms with van der Waals surface area (Å²) in [6, 6.07) is 3.32. The van der Waals surface area contributed by atoms with E-state index in [1.165, 1.54) is 12.4 Å². The lowest BCUT2D eigenvalue weighted by atomic mass is 9.95. The molecule has 2 aromatic heterocycles. The summed E-state index contributed by atoms with van der Waals surface area (Å²) in [5.74, 6) is -2.19. The molecule has 3 aromatic rings. The van der Waals surface area contributed by atoms with Crippen LogP contribution in [-0.4, -0.2) is 26.6 Å². The van der Waals surface area contributed by atoms with E-state index in [2.05, 4.69) is 25.6 Å². The minimum atomic E-state index is -4.83. The highest BCUT2D eigenvalue weighted by molar-refractivity contribution is 6.00. The summed E-state index contributed by atoms with van der Waals surface area (Å²) in [6.45, 7) is 1.58. The number of nitrogens with zero attached hydrogens (tertiary/aromatic N) is 3. The second-order valence-corrected chi connectivity index (χ2v) is 8.74. The number of para-hydroxylation sites is 1. The second kappa shape index (κ2) is 10.2. The van der Waals surface area contributed by atoms with Gasteiger partial charge in [-0.2, -0.15) is 13.2 Å². The number of pyridine rings is 1. The van der Waals surface area contributed by atoms with Gasteiger partial charge in [0, 0.05) is 31.3 Å². The first-order chi connectivity index (χ1) is 17.5. The smallest absolute Gasteiger partial charge is 0.351 e. The third-order valence-corrected chi connectivity index (χ3v) is 6.10. The van der Waals surface area contributed by atoms with Crippen molar-refractivity contribution in [1.29, 1.82) is 0 Å². The lowest BCUT2D eigenvalue weighted by molar-refractivity contribution is -0.137. The summed E-state index contributed by atoms with van der Waals surface area (Å²) in [6.07, 6.45) is 0.617. The normalized spacial score (nSPS) is 14.2. The average Bonchev–Trinajstić information content (AvgIpc) is 3.64. The lowest BCUT2D eigenvalue weighted by Gasteiger charge is -2.16. The lowest BCUT2D eigenvalue weighted by Crippen LogP contribution is -2.33. The summed E-state index contributed by atoms with van der Waals surface area (Å²) in [5.41, 5.74) is -3.08. The fourth-order valence-corrected chi connectivity index (χ4v) is 3.77. The van der Waals surface area contributed by atoms with E-state index in [9.17, 15) is 31.5 Å². The maximum absolute atomic E-state index is 14.6. The van der Waals surface area contributed by atoms with Crippen LogP contribution in [0.15, 0.2) is 42.9 Å². The SMILES string of the molecule is CCc1ncc(C(=O)CC2(C(=O)NCc3ncc(Nc4c(F)cccc4C(F)(F)F)cc3F)CC2)cn1. The van der Waals surface area contributed by atoms with E-state index in [1.54, 1.807) is 0 Å². The number of alkyl halides is 3. The van der Waals surface area contributed by atoms with Gasteiger partial charge in [-0.1, -0.05) is 13.0 Å². The number of hydrogen-bond acceptors (Lipinski definition) is 6. The number of carbonyl (C=O) groups is 2. The highest BCUT2D eigenvalue weighted by atomic mass is 19.4. The van der Waals surface area contributed by atoms with Crippen LogP contribution in [0.1, 0.15) is 53.6 Å². The third-order valence-electron chi connectivity index (χ3n) is 6.10. The summed E-state index contributed by atoms with van der Waals surface area (Å²) >= 11 is 0. The average molecular weight is 519 g/mol. The van der Waals surface area contributed by atoms with Crippen molar-refractivity contribution in [3.63, 3.8) is 0 Å². The van der Waals surface area contributed by atoms with Gasteiger partial charge in [-0.05, 0) is 25.0 Å². The van der Waals surface area contributed by atoms with Gasteiger partial charge < -0.3 is 10.6 Å². The molecule has 1 aliphatic rings. The number of aryl methyl sites for hydroxylation is 1. The number of halogens is 5. The highest BCUT2D eigenvalue weighted by Gasteiger charge is 2.51. The van der Waals surface area contributed by atoms with Crippen molar-refractivity contribution in [3.8, 4) is 0 Å². The molecule has 4 rings (SSSR count). The zero-order valence-corrected chi connectivity index (χ0v) is 19.6. The molecule has 1 aromatic carbocycles. The van der Waals surface area contributed by atoms with Crippen molar-refractivity contribution in [2.75, 3.05) is 5.32 Å². The van der Waals surface area contributed by atoms with Gasteiger partial charge >= 0.3 is 6.18 Å². The van der Waals surface area contributed by atoms with Crippen LogP contribution in [0.3, 0.4) is 0 Å². The van der Waals surface area contributed by atoms with Crippen LogP contribution >= 0.6 is 0 Å². The van der Waals surface area contributed by atoms with E-state index in [-0.39, 0.29) is 30.1 Å². The van der Waals surface area contributed by atoms with Crippen molar-refractivity contribution >= 4 is 23.1 Å². The van der Waals surface area contributed by atoms with Crippen molar-refractivity contribution < 1.29 is 31.5 Å². The molecular formula is C25H22F5N5O2. The summed E-state index contributed by atoms with van der Waals surface area (Å²) < 4.78 is 68.2. The molecule has 1 saturated carbocycles. The molecule has 0 radical (unpaired) electrons. The Morgan fingerprint density at radius 2 is 1.73 bits per heavy atom. The van der Waals surface area contributed by atoms with E-state index in [1.807, 2.05) is 6.92 Å². The number of nitrogens with one attached hydrogen (secondary N) is 2. The molecular weight excluding hydrogens is 497 g/mol. The van der Waals surface area contributed by atoms with Crippen molar-refractivity contribution in [2.24, 2.45) is 5.41 Å². The number of benzene rings is 1. The number of Topliss-reactive ketones (excluding diaryl/α,β-unsaturated/α-hetero) is 1. The van der Waals surface area contributed by atoms with Crippen LogP contribution in [-0.2, 0) is 23.9 Å². The number of rotatable bonds is 9. The first kappa shape index (κ1) is 26.1. The van der Waals surface area contributed by atoms with E-state index in [4.69, 9.17) is 0 Å². The number of hydrogen-bond donors (Lipinski definition) is 2. The van der Waals surface area contributed by atoms with Gasteiger partial charge in [0.15, 0.2) is 5.78 Å².